The number of primary amides is 1. The van der Waals surface area contributed by atoms with Gasteiger partial charge in [0, 0.05) is 17.7 Å². The van der Waals surface area contributed by atoms with Crippen LogP contribution in [0.1, 0.15) is 17.3 Å². The molecule has 1 rings (SSSR count). The van der Waals surface area contributed by atoms with Crippen molar-refractivity contribution in [3.05, 3.63) is 39.9 Å². The highest BCUT2D eigenvalue weighted by Gasteiger charge is 2.16. The van der Waals surface area contributed by atoms with Crippen LogP contribution in [0.2, 0.25) is 0 Å². The zero-order chi connectivity index (χ0) is 16.0. The monoisotopic (exact) mass is 295 g/mol. The summed E-state index contributed by atoms with van der Waals surface area (Å²) in [6, 6.07) is 3.14. The Morgan fingerprint density at radius 3 is 2.52 bits per heavy atom. The minimum absolute atomic E-state index is 0.0000125. The molecule has 0 fully saturated rings. The van der Waals surface area contributed by atoms with Gasteiger partial charge in [-0.15, -0.1) is 0 Å². The van der Waals surface area contributed by atoms with E-state index in [-0.39, 0.29) is 11.3 Å². The predicted octanol–water partition coefficient (Wildman–Crippen LogP) is -0.587. The topological polar surface area (TPSA) is 156 Å². The van der Waals surface area contributed by atoms with Crippen molar-refractivity contribution in [1.82, 2.24) is 16.2 Å². The molecule has 1 aromatic rings. The average Bonchev–Trinajstić information content (AvgIpc) is 2.43. The van der Waals surface area contributed by atoms with E-state index in [9.17, 15) is 24.5 Å². The summed E-state index contributed by atoms with van der Waals surface area (Å²) in [5, 5.41) is 12.7. The first kappa shape index (κ1) is 15.9. The van der Waals surface area contributed by atoms with Crippen LogP contribution in [0.25, 0.3) is 0 Å². The highest BCUT2D eigenvalue weighted by atomic mass is 16.6. The lowest BCUT2D eigenvalue weighted by Gasteiger charge is -2.13. The molecule has 1 unspecified atom stereocenters. The van der Waals surface area contributed by atoms with E-state index in [0.717, 1.165) is 6.07 Å². The second kappa shape index (κ2) is 6.84. The molecule has 0 aromatic heterocycles. The van der Waals surface area contributed by atoms with E-state index in [1.54, 1.807) is 0 Å². The summed E-state index contributed by atoms with van der Waals surface area (Å²) in [5.41, 5.74) is 8.71. The maximum absolute atomic E-state index is 11.7. The Balaban J connectivity index is 2.62. The third-order valence-electron chi connectivity index (χ3n) is 2.37. The number of carbonyl (C=O) groups excluding carboxylic acids is 3. The van der Waals surface area contributed by atoms with Crippen LogP contribution in [0, 0.1) is 10.1 Å². The van der Waals surface area contributed by atoms with Crippen molar-refractivity contribution in [2.45, 2.75) is 13.0 Å². The van der Waals surface area contributed by atoms with E-state index in [4.69, 9.17) is 5.73 Å². The third-order valence-corrected chi connectivity index (χ3v) is 2.37. The van der Waals surface area contributed by atoms with E-state index < -0.39 is 28.8 Å². The second-order valence-electron chi connectivity index (χ2n) is 3.98. The Morgan fingerprint density at radius 2 is 1.95 bits per heavy atom. The molecule has 0 heterocycles. The van der Waals surface area contributed by atoms with Gasteiger partial charge in [-0.2, -0.15) is 0 Å². The molecule has 21 heavy (non-hydrogen) atoms. The second-order valence-corrected chi connectivity index (χ2v) is 3.98. The zero-order valence-corrected chi connectivity index (χ0v) is 11.0. The van der Waals surface area contributed by atoms with Gasteiger partial charge in [-0.25, -0.2) is 4.79 Å². The quantitative estimate of drug-likeness (QED) is 0.431. The zero-order valence-electron chi connectivity index (χ0n) is 11.0. The largest absolute Gasteiger partial charge is 0.352 e. The minimum atomic E-state index is -0.951. The van der Waals surface area contributed by atoms with Crippen molar-refractivity contribution in [3.8, 4) is 0 Å². The molecule has 112 valence electrons. The van der Waals surface area contributed by atoms with Gasteiger partial charge in [0.25, 0.3) is 17.5 Å². The van der Waals surface area contributed by atoms with Gasteiger partial charge < -0.3 is 11.1 Å². The molecule has 0 aliphatic rings. The minimum Gasteiger partial charge on any atom is -0.352 e. The number of hydrazine groups is 1. The van der Waals surface area contributed by atoms with Crippen molar-refractivity contribution in [2.24, 2.45) is 5.73 Å². The Bertz CT molecular complexity index is 588. The van der Waals surface area contributed by atoms with Gasteiger partial charge in [0.2, 0.25) is 0 Å². The van der Waals surface area contributed by atoms with Crippen molar-refractivity contribution in [1.29, 1.82) is 0 Å². The number of rotatable bonds is 4. The highest BCUT2D eigenvalue weighted by Crippen LogP contribution is 2.12. The fourth-order valence-electron chi connectivity index (χ4n) is 1.34. The van der Waals surface area contributed by atoms with Gasteiger partial charge in [0.05, 0.1) is 4.92 Å². The molecule has 0 saturated carbocycles. The van der Waals surface area contributed by atoms with Gasteiger partial charge >= 0.3 is 6.03 Å². The summed E-state index contributed by atoms with van der Waals surface area (Å²) >= 11 is 0. The molecular weight excluding hydrogens is 282 g/mol. The molecule has 4 amide bonds. The Morgan fingerprint density at radius 1 is 1.29 bits per heavy atom. The summed E-state index contributed by atoms with van der Waals surface area (Å²) in [6.07, 6.45) is 0. The molecule has 1 aromatic carbocycles. The van der Waals surface area contributed by atoms with Crippen LogP contribution in [0.3, 0.4) is 0 Å². The maximum atomic E-state index is 11.7. The number of nitrogens with one attached hydrogen (secondary N) is 3. The first-order valence-electron chi connectivity index (χ1n) is 5.72. The van der Waals surface area contributed by atoms with E-state index in [0.29, 0.717) is 0 Å². The fraction of sp³-hybridized carbons (Fsp3) is 0.182. The van der Waals surface area contributed by atoms with Gasteiger partial charge in [-0.3, -0.25) is 30.6 Å². The lowest BCUT2D eigenvalue weighted by molar-refractivity contribution is -0.384. The number of urea groups is 1. The van der Waals surface area contributed by atoms with Crippen molar-refractivity contribution < 1.29 is 19.3 Å². The molecule has 0 aliphatic heterocycles. The van der Waals surface area contributed by atoms with E-state index >= 15 is 0 Å². The molecule has 0 radical (unpaired) electrons. The number of nitrogens with two attached hydrogens (primary N) is 1. The van der Waals surface area contributed by atoms with Gasteiger partial charge in [-0.05, 0) is 13.0 Å². The van der Waals surface area contributed by atoms with E-state index in [1.165, 1.54) is 25.1 Å². The molecule has 0 bridgehead atoms. The van der Waals surface area contributed by atoms with Crippen molar-refractivity contribution in [3.63, 3.8) is 0 Å². The van der Waals surface area contributed by atoms with Crippen molar-refractivity contribution in [2.75, 3.05) is 0 Å². The van der Waals surface area contributed by atoms with Crippen LogP contribution in [0.4, 0.5) is 10.5 Å². The highest BCUT2D eigenvalue weighted by molar-refractivity contribution is 5.96. The number of nitrogens with zero attached hydrogens (tertiary/aromatic N) is 1. The van der Waals surface area contributed by atoms with Gasteiger partial charge in [0.1, 0.15) is 6.04 Å². The molecule has 0 spiro atoms. The number of hydrogen-bond acceptors (Lipinski definition) is 5. The standard InChI is InChI=1S/C11H13N5O5/c1-6(13-11(12)19)9(17)14-15-10(18)7-3-2-4-8(5-7)16(20)21/h2-6H,1H3,(H,14,17)(H,15,18)(H3,12,13,19). The maximum Gasteiger partial charge on any atom is 0.312 e. The van der Waals surface area contributed by atoms with Crippen LogP contribution in [0.15, 0.2) is 24.3 Å². The summed E-state index contributed by atoms with van der Waals surface area (Å²) in [4.78, 5) is 43.7. The van der Waals surface area contributed by atoms with Crippen LogP contribution in [0.5, 0.6) is 0 Å². The number of non-ortho nitro benzene ring substituents is 1. The summed E-state index contributed by atoms with van der Waals surface area (Å²) in [5.74, 6) is -1.44. The smallest absolute Gasteiger partial charge is 0.312 e. The normalized spacial score (nSPS) is 11.1. The van der Waals surface area contributed by atoms with Crippen molar-refractivity contribution >= 4 is 23.5 Å². The first-order valence-corrected chi connectivity index (χ1v) is 5.72. The number of carbonyl (C=O) groups is 3. The number of hydrogen-bond donors (Lipinski definition) is 4. The number of nitro groups is 1. The summed E-state index contributed by atoms with van der Waals surface area (Å²) in [7, 11) is 0. The van der Waals surface area contributed by atoms with Crippen LogP contribution in [-0.2, 0) is 4.79 Å². The summed E-state index contributed by atoms with van der Waals surface area (Å²) in [6.45, 7) is 1.36. The Hall–Kier alpha value is -3.17. The average molecular weight is 295 g/mol. The molecule has 10 nitrogen and oxygen atoms in total. The molecule has 5 N–H and O–H groups in total. The van der Waals surface area contributed by atoms with Crippen LogP contribution in [-0.4, -0.2) is 28.8 Å². The number of amides is 4. The van der Waals surface area contributed by atoms with Gasteiger partial charge in [0.15, 0.2) is 0 Å². The molecule has 1 atom stereocenters. The Labute approximate surface area is 118 Å². The molecule has 0 saturated heterocycles. The lowest BCUT2D eigenvalue weighted by Crippen LogP contribution is -2.52. The summed E-state index contributed by atoms with van der Waals surface area (Å²) < 4.78 is 0. The van der Waals surface area contributed by atoms with E-state index in [2.05, 4.69) is 16.2 Å². The molecular formula is C11H13N5O5. The van der Waals surface area contributed by atoms with Gasteiger partial charge in [-0.1, -0.05) is 6.07 Å². The molecule has 0 aliphatic carbocycles. The Kier molecular flexibility index (Phi) is 5.17. The first-order chi connectivity index (χ1) is 9.81. The van der Waals surface area contributed by atoms with E-state index in [1.807, 2.05) is 0 Å². The molecule has 10 heteroatoms. The van der Waals surface area contributed by atoms with Crippen LogP contribution < -0.4 is 21.9 Å². The predicted molar refractivity (Wildman–Crippen MR) is 70.9 cm³/mol. The SMILES string of the molecule is CC(NC(N)=O)C(=O)NNC(=O)c1cccc([N+](=O)[O-])c1. The lowest BCUT2D eigenvalue weighted by atomic mass is 10.2. The number of nitro benzene ring substituents is 1. The number of benzene rings is 1. The van der Waals surface area contributed by atoms with Crippen LogP contribution >= 0.6 is 0 Å². The fourth-order valence-corrected chi connectivity index (χ4v) is 1.34. The third kappa shape index (κ3) is 4.78.